The Morgan fingerprint density at radius 3 is 2.52 bits per heavy atom. The second-order valence-corrected chi connectivity index (χ2v) is 6.95. The molecule has 2 N–H and O–H groups in total. The topological polar surface area (TPSA) is 58.2 Å². The number of hydrogen-bond acceptors (Lipinski definition) is 4. The second kappa shape index (κ2) is 7.97. The fourth-order valence-corrected chi connectivity index (χ4v) is 4.43. The molecule has 3 atom stereocenters. The van der Waals surface area contributed by atoms with Gasteiger partial charge in [-0.05, 0) is 43.4 Å². The molecular formula is C18H30N2O2S. The van der Waals surface area contributed by atoms with E-state index in [0.717, 1.165) is 11.3 Å². The van der Waals surface area contributed by atoms with Crippen molar-refractivity contribution >= 4 is 29.3 Å². The summed E-state index contributed by atoms with van der Waals surface area (Å²) in [6.07, 6.45) is 2.44. The van der Waals surface area contributed by atoms with E-state index in [1.165, 1.54) is 19.8 Å². The van der Waals surface area contributed by atoms with Crippen LogP contribution in [0.25, 0.3) is 0 Å². The summed E-state index contributed by atoms with van der Waals surface area (Å²) in [4.78, 5) is 23.1. The Balaban J connectivity index is 0.00000139. The molecule has 3 unspecified atom stereocenters. The third kappa shape index (κ3) is 4.36. The lowest BCUT2D eigenvalue weighted by Gasteiger charge is -2.22. The van der Waals surface area contributed by atoms with Crippen molar-refractivity contribution < 1.29 is 12.4 Å². The molecule has 2 aliphatic rings. The Morgan fingerprint density at radius 1 is 1.26 bits per heavy atom. The summed E-state index contributed by atoms with van der Waals surface area (Å²) in [6, 6.07) is 8.11. The number of ketones is 1. The molecule has 0 radical (unpaired) electrons. The van der Waals surface area contributed by atoms with E-state index in [9.17, 15) is 9.59 Å². The van der Waals surface area contributed by atoms with Crippen molar-refractivity contribution in [3.63, 3.8) is 0 Å². The number of carbonyl (C=O) groups is 2. The Hall–Kier alpha value is -1.33. The highest BCUT2D eigenvalue weighted by Crippen LogP contribution is 2.51. The molecule has 0 bridgehead atoms. The van der Waals surface area contributed by atoms with Crippen molar-refractivity contribution in [3.8, 4) is 0 Å². The normalized spacial score (nSPS) is 26.2. The molecular weight excluding hydrogens is 308 g/mol. The Morgan fingerprint density at radius 2 is 1.96 bits per heavy atom. The van der Waals surface area contributed by atoms with Crippen LogP contribution < -0.4 is 10.0 Å². The number of Topliss-reactive ketones (excluding diaryl/α,β-unsaturated/α-hetero) is 1. The van der Waals surface area contributed by atoms with Gasteiger partial charge in [-0.15, -0.1) is 0 Å². The molecule has 2 fully saturated rings. The van der Waals surface area contributed by atoms with Gasteiger partial charge in [0, 0.05) is 27.4 Å². The first kappa shape index (κ1) is 18.0. The zero-order valence-electron chi connectivity index (χ0n) is 14.3. The Kier molecular flexibility index (Phi) is 6.25. The quantitative estimate of drug-likeness (QED) is 0.797. The maximum absolute atomic E-state index is 11.9. The van der Waals surface area contributed by atoms with E-state index in [1.54, 1.807) is 18.9 Å². The van der Waals surface area contributed by atoms with Crippen LogP contribution in [-0.2, 0) is 9.59 Å². The van der Waals surface area contributed by atoms with Gasteiger partial charge in [0.2, 0.25) is 5.91 Å². The standard InChI is InChI=1S/C16H20N2O2S.C2H6.2H2/c1-9(19)16-14(11-6-7-11)15(18-21-16)12-4-3-5-13(8-12)17-10(2)20;1-2;;/h3-5,8,11,14-16,18H,6-7H2,1-2H3,(H,17,20);1-2H3;2*1H. The van der Waals surface area contributed by atoms with Crippen LogP contribution in [0.5, 0.6) is 0 Å². The molecule has 1 aromatic carbocycles. The van der Waals surface area contributed by atoms with Crippen LogP contribution in [0.2, 0.25) is 0 Å². The van der Waals surface area contributed by atoms with Crippen LogP contribution in [0, 0.1) is 11.8 Å². The minimum Gasteiger partial charge on any atom is -0.326 e. The molecule has 4 nitrogen and oxygen atoms in total. The average Bonchev–Trinajstić information content (AvgIpc) is 3.26. The molecule has 1 saturated heterocycles. The molecule has 1 saturated carbocycles. The van der Waals surface area contributed by atoms with Crippen LogP contribution in [0.3, 0.4) is 0 Å². The highest BCUT2D eigenvalue weighted by atomic mass is 32.2. The van der Waals surface area contributed by atoms with E-state index in [4.69, 9.17) is 0 Å². The highest BCUT2D eigenvalue weighted by molar-refractivity contribution is 7.99. The van der Waals surface area contributed by atoms with E-state index in [-0.39, 0.29) is 25.8 Å². The van der Waals surface area contributed by atoms with Crippen molar-refractivity contribution in [1.82, 2.24) is 4.72 Å². The van der Waals surface area contributed by atoms with Gasteiger partial charge in [-0.3, -0.25) is 14.3 Å². The van der Waals surface area contributed by atoms with Crippen LogP contribution in [0.4, 0.5) is 5.69 Å². The Labute approximate surface area is 145 Å². The van der Waals surface area contributed by atoms with Crippen molar-refractivity contribution in [3.05, 3.63) is 29.8 Å². The Bertz CT molecular complexity index is 582. The van der Waals surface area contributed by atoms with Crippen molar-refractivity contribution in [2.75, 3.05) is 5.32 Å². The third-order valence-corrected chi connectivity index (χ3v) is 5.48. The summed E-state index contributed by atoms with van der Waals surface area (Å²) >= 11 is 1.56. The SMILES string of the molecule is CC.CC(=O)Nc1cccc(C2NSC(C(C)=O)C2C2CC2)c1.[HH].[HH]. The summed E-state index contributed by atoms with van der Waals surface area (Å²) in [5.74, 6) is 1.20. The lowest BCUT2D eigenvalue weighted by molar-refractivity contribution is -0.117. The summed E-state index contributed by atoms with van der Waals surface area (Å²) in [5, 5.41) is 2.87. The fourth-order valence-electron chi connectivity index (χ4n) is 3.14. The molecule has 5 heteroatoms. The predicted octanol–water partition coefficient (Wildman–Crippen LogP) is 4.44. The molecule has 3 rings (SSSR count). The molecule has 1 aliphatic heterocycles. The van der Waals surface area contributed by atoms with E-state index in [0.29, 0.717) is 11.8 Å². The van der Waals surface area contributed by atoms with Gasteiger partial charge in [-0.1, -0.05) is 37.9 Å². The molecule has 23 heavy (non-hydrogen) atoms. The summed E-state index contributed by atoms with van der Waals surface area (Å²) in [6.45, 7) is 7.19. The number of carbonyl (C=O) groups excluding carboxylic acids is 2. The molecule has 1 aliphatic carbocycles. The molecule has 0 spiro atoms. The van der Waals surface area contributed by atoms with Gasteiger partial charge in [0.25, 0.3) is 0 Å². The molecule has 1 aromatic rings. The van der Waals surface area contributed by atoms with Gasteiger partial charge in [-0.25, -0.2) is 0 Å². The molecule has 1 amide bonds. The van der Waals surface area contributed by atoms with Crippen molar-refractivity contribution in [1.29, 1.82) is 0 Å². The molecule has 0 aromatic heterocycles. The summed E-state index contributed by atoms with van der Waals surface area (Å²) in [7, 11) is 0. The second-order valence-electron chi connectivity index (χ2n) is 5.97. The lowest BCUT2D eigenvalue weighted by atomic mass is 9.85. The van der Waals surface area contributed by atoms with E-state index < -0.39 is 0 Å². The van der Waals surface area contributed by atoms with Gasteiger partial charge in [-0.2, -0.15) is 0 Å². The fraction of sp³-hybridized carbons (Fsp3) is 0.556. The maximum Gasteiger partial charge on any atom is 0.221 e. The number of amides is 1. The van der Waals surface area contributed by atoms with E-state index >= 15 is 0 Å². The first-order chi connectivity index (χ1) is 11.1. The number of hydrogen-bond donors (Lipinski definition) is 2. The number of rotatable bonds is 4. The van der Waals surface area contributed by atoms with Gasteiger partial charge in [0.1, 0.15) is 5.78 Å². The molecule has 1 heterocycles. The maximum atomic E-state index is 11.9. The van der Waals surface area contributed by atoms with Crippen LogP contribution in [-0.4, -0.2) is 16.9 Å². The van der Waals surface area contributed by atoms with Gasteiger partial charge >= 0.3 is 0 Å². The van der Waals surface area contributed by atoms with E-state index in [2.05, 4.69) is 16.1 Å². The average molecular weight is 339 g/mol. The first-order valence-electron chi connectivity index (χ1n) is 8.35. The number of benzene rings is 1. The van der Waals surface area contributed by atoms with Crippen molar-refractivity contribution in [2.24, 2.45) is 11.8 Å². The van der Waals surface area contributed by atoms with Crippen molar-refractivity contribution in [2.45, 2.75) is 51.8 Å². The first-order valence-corrected chi connectivity index (χ1v) is 9.23. The van der Waals surface area contributed by atoms with Crippen LogP contribution >= 0.6 is 11.9 Å². The summed E-state index contributed by atoms with van der Waals surface area (Å²) in [5.41, 5.74) is 1.96. The highest BCUT2D eigenvalue weighted by Gasteiger charge is 2.48. The van der Waals surface area contributed by atoms with Gasteiger partial charge < -0.3 is 5.32 Å². The minimum atomic E-state index is -0.0683. The number of anilines is 1. The predicted molar refractivity (Wildman–Crippen MR) is 100 cm³/mol. The van der Waals surface area contributed by atoms with Gasteiger partial charge in [0.05, 0.1) is 5.25 Å². The van der Waals surface area contributed by atoms with E-state index in [1.807, 2.05) is 32.0 Å². The van der Waals surface area contributed by atoms with Crippen LogP contribution in [0.15, 0.2) is 24.3 Å². The largest absolute Gasteiger partial charge is 0.326 e. The monoisotopic (exact) mass is 338 g/mol. The molecule has 130 valence electrons. The third-order valence-electron chi connectivity index (χ3n) is 4.19. The number of nitrogens with one attached hydrogen (secondary N) is 2. The van der Waals surface area contributed by atoms with Crippen LogP contribution in [0.1, 0.15) is 55.0 Å². The smallest absolute Gasteiger partial charge is 0.221 e. The van der Waals surface area contributed by atoms with Gasteiger partial charge in [0.15, 0.2) is 0 Å². The zero-order chi connectivity index (χ0) is 17.0. The minimum absolute atomic E-state index is 0. The zero-order valence-corrected chi connectivity index (χ0v) is 15.1. The lowest BCUT2D eigenvalue weighted by Crippen LogP contribution is -2.26. The summed E-state index contributed by atoms with van der Waals surface area (Å²) < 4.78 is 3.44.